The van der Waals surface area contributed by atoms with Gasteiger partial charge >= 0.3 is 5.97 Å². The molecule has 4 nitrogen and oxygen atoms in total. The standard InChI is InChI=1S/C16H25NO3/c1-17-13(11-12-7-5-3-4-6-8-12)14-9-10-15(20-14)16(18)19-2/h9-10,12-13,17H,3-8,11H2,1-2H3. The summed E-state index contributed by atoms with van der Waals surface area (Å²) in [5.41, 5.74) is 0. The molecule has 1 aliphatic rings. The van der Waals surface area contributed by atoms with Crippen LogP contribution in [0.25, 0.3) is 0 Å². The SMILES string of the molecule is CNC(CC1CCCCCC1)c1ccc(C(=O)OC)o1. The number of carbonyl (C=O) groups is 1. The van der Waals surface area contributed by atoms with Gasteiger partial charge in [0.25, 0.3) is 0 Å². The van der Waals surface area contributed by atoms with Crippen LogP contribution < -0.4 is 5.32 Å². The first-order valence-corrected chi connectivity index (χ1v) is 7.60. The van der Waals surface area contributed by atoms with Gasteiger partial charge in [0.1, 0.15) is 5.76 Å². The molecule has 0 bridgehead atoms. The van der Waals surface area contributed by atoms with Crippen LogP contribution in [0.4, 0.5) is 0 Å². The summed E-state index contributed by atoms with van der Waals surface area (Å²) in [4.78, 5) is 11.4. The molecule has 0 aliphatic heterocycles. The smallest absolute Gasteiger partial charge is 0.373 e. The number of ether oxygens (including phenoxy) is 1. The van der Waals surface area contributed by atoms with E-state index in [1.807, 2.05) is 13.1 Å². The molecule has 0 spiro atoms. The van der Waals surface area contributed by atoms with E-state index in [2.05, 4.69) is 10.1 Å². The molecule has 0 aromatic carbocycles. The Morgan fingerprint density at radius 3 is 2.65 bits per heavy atom. The highest BCUT2D eigenvalue weighted by Crippen LogP contribution is 2.31. The summed E-state index contributed by atoms with van der Waals surface area (Å²) in [6.45, 7) is 0. The molecular weight excluding hydrogens is 254 g/mol. The summed E-state index contributed by atoms with van der Waals surface area (Å²) >= 11 is 0. The highest BCUT2D eigenvalue weighted by Gasteiger charge is 2.22. The van der Waals surface area contributed by atoms with Gasteiger partial charge in [-0.2, -0.15) is 0 Å². The minimum absolute atomic E-state index is 0.177. The third-order valence-electron chi connectivity index (χ3n) is 4.25. The fourth-order valence-electron chi connectivity index (χ4n) is 3.06. The lowest BCUT2D eigenvalue weighted by atomic mass is 9.92. The second-order valence-corrected chi connectivity index (χ2v) is 5.63. The molecule has 112 valence electrons. The van der Waals surface area contributed by atoms with Crippen LogP contribution in [0.2, 0.25) is 0 Å². The van der Waals surface area contributed by atoms with Crippen LogP contribution in [0.3, 0.4) is 0 Å². The van der Waals surface area contributed by atoms with Crippen molar-refractivity contribution in [3.8, 4) is 0 Å². The zero-order valence-corrected chi connectivity index (χ0v) is 12.5. The third-order valence-corrected chi connectivity index (χ3v) is 4.25. The van der Waals surface area contributed by atoms with Gasteiger partial charge in [-0.3, -0.25) is 0 Å². The fraction of sp³-hybridized carbons (Fsp3) is 0.688. The Morgan fingerprint density at radius 2 is 2.05 bits per heavy atom. The van der Waals surface area contributed by atoms with Gasteiger partial charge in [0, 0.05) is 0 Å². The van der Waals surface area contributed by atoms with E-state index in [1.54, 1.807) is 6.07 Å². The van der Waals surface area contributed by atoms with Crippen molar-refractivity contribution in [1.29, 1.82) is 0 Å². The number of hydrogen-bond acceptors (Lipinski definition) is 4. The molecule has 0 saturated heterocycles. The van der Waals surface area contributed by atoms with Crippen molar-refractivity contribution >= 4 is 5.97 Å². The molecular formula is C16H25NO3. The van der Waals surface area contributed by atoms with Crippen LogP contribution in [0.5, 0.6) is 0 Å². The molecule has 1 N–H and O–H groups in total. The maximum atomic E-state index is 11.4. The number of furan rings is 1. The molecule has 1 heterocycles. The summed E-state index contributed by atoms with van der Waals surface area (Å²) in [5, 5.41) is 3.31. The van der Waals surface area contributed by atoms with Gasteiger partial charge in [-0.15, -0.1) is 0 Å². The second kappa shape index (κ2) is 7.48. The van der Waals surface area contributed by atoms with E-state index in [0.717, 1.165) is 18.1 Å². The summed E-state index contributed by atoms with van der Waals surface area (Å²) < 4.78 is 10.3. The van der Waals surface area contributed by atoms with E-state index < -0.39 is 5.97 Å². The van der Waals surface area contributed by atoms with Crippen LogP contribution in [0, 0.1) is 5.92 Å². The molecule has 1 unspecified atom stereocenters. The first-order chi connectivity index (χ1) is 9.74. The van der Waals surface area contributed by atoms with Gasteiger partial charge in [0.2, 0.25) is 5.76 Å². The molecule has 1 saturated carbocycles. The predicted octanol–water partition coefficient (Wildman–Crippen LogP) is 3.69. The molecule has 4 heteroatoms. The predicted molar refractivity (Wildman–Crippen MR) is 77.7 cm³/mol. The van der Waals surface area contributed by atoms with E-state index in [1.165, 1.54) is 45.6 Å². The summed E-state index contributed by atoms with van der Waals surface area (Å²) in [6.07, 6.45) is 9.11. The van der Waals surface area contributed by atoms with E-state index in [4.69, 9.17) is 4.42 Å². The van der Waals surface area contributed by atoms with Crippen LogP contribution >= 0.6 is 0 Å². The van der Waals surface area contributed by atoms with Gasteiger partial charge in [-0.05, 0) is 31.5 Å². The van der Waals surface area contributed by atoms with Crippen LogP contribution in [-0.2, 0) is 4.74 Å². The first-order valence-electron chi connectivity index (χ1n) is 7.60. The normalized spacial score (nSPS) is 18.5. The minimum Gasteiger partial charge on any atom is -0.463 e. The highest BCUT2D eigenvalue weighted by atomic mass is 16.5. The maximum absolute atomic E-state index is 11.4. The fourth-order valence-corrected chi connectivity index (χ4v) is 3.06. The van der Waals surface area contributed by atoms with Crippen molar-refractivity contribution in [2.75, 3.05) is 14.2 Å². The Kier molecular flexibility index (Phi) is 5.65. The molecule has 1 aromatic rings. The quantitative estimate of drug-likeness (QED) is 0.659. The number of hydrogen-bond donors (Lipinski definition) is 1. The van der Waals surface area contributed by atoms with Crippen molar-refractivity contribution in [3.63, 3.8) is 0 Å². The molecule has 20 heavy (non-hydrogen) atoms. The first kappa shape index (κ1) is 15.1. The van der Waals surface area contributed by atoms with E-state index in [-0.39, 0.29) is 11.8 Å². The second-order valence-electron chi connectivity index (χ2n) is 5.63. The number of rotatable bonds is 5. The Labute approximate surface area is 120 Å². The summed E-state index contributed by atoms with van der Waals surface area (Å²) in [5.74, 6) is 1.45. The average molecular weight is 279 g/mol. The van der Waals surface area contributed by atoms with E-state index in [9.17, 15) is 4.79 Å². The zero-order chi connectivity index (χ0) is 14.4. The van der Waals surface area contributed by atoms with Crippen molar-refractivity contribution in [3.05, 3.63) is 23.7 Å². The molecule has 1 atom stereocenters. The molecule has 1 aliphatic carbocycles. The average Bonchev–Trinajstić information content (AvgIpc) is 2.82. The van der Waals surface area contributed by atoms with Crippen molar-refractivity contribution in [2.24, 2.45) is 5.92 Å². The minimum atomic E-state index is -0.416. The molecule has 0 amide bonds. The zero-order valence-electron chi connectivity index (χ0n) is 12.5. The maximum Gasteiger partial charge on any atom is 0.373 e. The molecule has 1 aromatic heterocycles. The van der Waals surface area contributed by atoms with Gasteiger partial charge in [-0.25, -0.2) is 4.79 Å². The highest BCUT2D eigenvalue weighted by molar-refractivity contribution is 5.86. The number of carbonyl (C=O) groups excluding carboxylic acids is 1. The largest absolute Gasteiger partial charge is 0.463 e. The van der Waals surface area contributed by atoms with Crippen molar-refractivity contribution in [2.45, 2.75) is 51.0 Å². The number of nitrogens with one attached hydrogen (secondary N) is 1. The molecule has 1 fully saturated rings. The van der Waals surface area contributed by atoms with Gasteiger partial charge in [0.05, 0.1) is 13.2 Å². The lowest BCUT2D eigenvalue weighted by Crippen LogP contribution is -2.19. The van der Waals surface area contributed by atoms with Crippen molar-refractivity contribution < 1.29 is 13.9 Å². The summed E-state index contributed by atoms with van der Waals surface area (Å²) in [6, 6.07) is 3.75. The Balaban J connectivity index is 1.99. The number of methoxy groups -OCH3 is 1. The van der Waals surface area contributed by atoms with Crippen molar-refractivity contribution in [1.82, 2.24) is 5.32 Å². The van der Waals surface area contributed by atoms with E-state index >= 15 is 0 Å². The monoisotopic (exact) mass is 279 g/mol. The third kappa shape index (κ3) is 3.85. The van der Waals surface area contributed by atoms with Gasteiger partial charge < -0.3 is 14.5 Å². The van der Waals surface area contributed by atoms with Crippen LogP contribution in [-0.4, -0.2) is 20.1 Å². The lowest BCUT2D eigenvalue weighted by molar-refractivity contribution is 0.0561. The Bertz CT molecular complexity index is 419. The van der Waals surface area contributed by atoms with E-state index in [0.29, 0.717) is 0 Å². The van der Waals surface area contributed by atoms with Crippen LogP contribution in [0.15, 0.2) is 16.5 Å². The molecule has 0 radical (unpaired) electrons. The lowest BCUT2D eigenvalue weighted by Gasteiger charge is -2.20. The molecule has 2 rings (SSSR count). The topological polar surface area (TPSA) is 51.5 Å². The van der Waals surface area contributed by atoms with Crippen LogP contribution in [0.1, 0.15) is 67.3 Å². The number of esters is 1. The van der Waals surface area contributed by atoms with Gasteiger partial charge in [-0.1, -0.05) is 38.5 Å². The van der Waals surface area contributed by atoms with Gasteiger partial charge in [0.15, 0.2) is 0 Å². The Morgan fingerprint density at radius 1 is 1.35 bits per heavy atom. The summed E-state index contributed by atoms with van der Waals surface area (Å²) in [7, 11) is 3.31. The Hall–Kier alpha value is -1.29.